The predicted octanol–water partition coefficient (Wildman–Crippen LogP) is 0.668. The van der Waals surface area contributed by atoms with Gasteiger partial charge >= 0.3 is 0 Å². The number of benzene rings is 1. The predicted molar refractivity (Wildman–Crippen MR) is 58.6 cm³/mol. The molecule has 0 spiro atoms. The van der Waals surface area contributed by atoms with Gasteiger partial charge in [-0.05, 0) is 19.1 Å². The molecule has 1 rings (SSSR count). The van der Waals surface area contributed by atoms with Gasteiger partial charge in [-0.2, -0.15) is 0 Å². The van der Waals surface area contributed by atoms with E-state index in [4.69, 9.17) is 10.5 Å². The number of hydrogen-bond donors (Lipinski definition) is 2. The van der Waals surface area contributed by atoms with E-state index < -0.39 is 5.82 Å². The van der Waals surface area contributed by atoms with Crippen molar-refractivity contribution in [1.82, 2.24) is 5.32 Å². The minimum Gasteiger partial charge on any atom is -0.486 e. The number of halogens is 1. The number of ether oxygens (including phenoxy) is 1. The quantitative estimate of drug-likeness (QED) is 0.775. The Labute approximate surface area is 93.6 Å². The third-order valence-corrected chi connectivity index (χ3v) is 1.94. The van der Waals surface area contributed by atoms with E-state index in [0.717, 1.165) is 0 Å². The van der Waals surface area contributed by atoms with E-state index in [1.54, 1.807) is 19.1 Å². The van der Waals surface area contributed by atoms with Crippen molar-refractivity contribution in [1.29, 1.82) is 0 Å². The summed E-state index contributed by atoms with van der Waals surface area (Å²) in [6.45, 7) is 1.97. The van der Waals surface area contributed by atoms with Crippen LogP contribution in [0.4, 0.5) is 4.39 Å². The van der Waals surface area contributed by atoms with Gasteiger partial charge in [0.25, 0.3) is 0 Å². The van der Waals surface area contributed by atoms with E-state index in [9.17, 15) is 9.18 Å². The molecule has 1 aromatic carbocycles. The van der Waals surface area contributed by atoms with Crippen LogP contribution in [0, 0.1) is 5.82 Å². The maximum absolute atomic E-state index is 13.2. The molecule has 0 saturated heterocycles. The fourth-order valence-corrected chi connectivity index (χ4v) is 1.13. The lowest BCUT2D eigenvalue weighted by Crippen LogP contribution is -2.37. The molecule has 1 unspecified atom stereocenters. The molecule has 88 valence electrons. The molecule has 1 atom stereocenters. The molecule has 0 aliphatic carbocycles. The summed E-state index contributed by atoms with van der Waals surface area (Å²) in [6, 6.07) is 6.13. The number of nitrogens with one attached hydrogen (secondary N) is 1. The molecule has 0 aliphatic heterocycles. The largest absolute Gasteiger partial charge is 0.486 e. The zero-order valence-electron chi connectivity index (χ0n) is 9.07. The van der Waals surface area contributed by atoms with E-state index in [0.29, 0.717) is 6.54 Å². The molecule has 0 fully saturated rings. The van der Waals surface area contributed by atoms with Crippen LogP contribution in [0.2, 0.25) is 0 Å². The molecule has 0 radical (unpaired) electrons. The van der Waals surface area contributed by atoms with Crippen LogP contribution in [0.1, 0.15) is 6.92 Å². The van der Waals surface area contributed by atoms with Gasteiger partial charge in [0.1, 0.15) is 6.10 Å². The third-order valence-electron chi connectivity index (χ3n) is 1.94. The molecule has 16 heavy (non-hydrogen) atoms. The number of hydrogen-bond acceptors (Lipinski definition) is 3. The second-order valence-electron chi connectivity index (χ2n) is 3.37. The minimum absolute atomic E-state index is 0.0631. The summed E-state index contributed by atoms with van der Waals surface area (Å²) in [4.78, 5) is 10.9. The fraction of sp³-hybridized carbons (Fsp3) is 0.364. The van der Waals surface area contributed by atoms with Crippen LogP contribution >= 0.6 is 0 Å². The summed E-state index contributed by atoms with van der Waals surface area (Å²) in [6.07, 6.45) is -0.313. The summed E-state index contributed by atoms with van der Waals surface area (Å²) >= 11 is 0. The minimum atomic E-state index is -0.417. The molecule has 1 amide bonds. The average molecular weight is 226 g/mol. The lowest BCUT2D eigenvalue weighted by molar-refractivity contribution is -0.120. The summed E-state index contributed by atoms with van der Waals surface area (Å²) in [5.74, 6) is -0.500. The van der Waals surface area contributed by atoms with Gasteiger partial charge in [0.15, 0.2) is 11.6 Å². The Morgan fingerprint density at radius 2 is 2.25 bits per heavy atom. The van der Waals surface area contributed by atoms with Crippen LogP contribution in [0.15, 0.2) is 24.3 Å². The Morgan fingerprint density at radius 1 is 1.56 bits per heavy atom. The van der Waals surface area contributed by atoms with Gasteiger partial charge in [-0.1, -0.05) is 12.1 Å². The van der Waals surface area contributed by atoms with Crippen molar-refractivity contribution in [3.63, 3.8) is 0 Å². The molecule has 4 nitrogen and oxygen atoms in total. The molecule has 0 aliphatic rings. The fourth-order valence-electron chi connectivity index (χ4n) is 1.13. The maximum atomic E-state index is 13.2. The highest BCUT2D eigenvalue weighted by Crippen LogP contribution is 2.16. The first-order chi connectivity index (χ1) is 7.63. The summed E-state index contributed by atoms with van der Waals surface area (Å²) in [5, 5.41) is 2.56. The number of carbonyl (C=O) groups is 1. The smallest absolute Gasteiger partial charge is 0.233 e. The third kappa shape index (κ3) is 3.86. The first kappa shape index (κ1) is 12.4. The van der Waals surface area contributed by atoms with Crippen molar-refractivity contribution >= 4 is 5.91 Å². The van der Waals surface area contributed by atoms with Crippen LogP contribution in [-0.4, -0.2) is 25.1 Å². The van der Waals surface area contributed by atoms with Crippen molar-refractivity contribution in [2.45, 2.75) is 13.0 Å². The highest BCUT2D eigenvalue weighted by atomic mass is 19.1. The second kappa shape index (κ2) is 6.07. The van der Waals surface area contributed by atoms with E-state index in [2.05, 4.69) is 5.32 Å². The lowest BCUT2D eigenvalue weighted by atomic mass is 10.3. The van der Waals surface area contributed by atoms with Crippen LogP contribution in [0.25, 0.3) is 0 Å². The molecule has 0 bridgehead atoms. The lowest BCUT2D eigenvalue weighted by Gasteiger charge is -2.15. The van der Waals surface area contributed by atoms with Crippen LogP contribution in [0.5, 0.6) is 5.75 Å². The zero-order chi connectivity index (χ0) is 12.0. The van der Waals surface area contributed by atoms with Crippen molar-refractivity contribution in [3.05, 3.63) is 30.1 Å². The van der Waals surface area contributed by atoms with E-state index >= 15 is 0 Å². The molecule has 0 heterocycles. The van der Waals surface area contributed by atoms with E-state index in [-0.39, 0.29) is 24.3 Å². The summed E-state index contributed by atoms with van der Waals surface area (Å²) < 4.78 is 18.5. The first-order valence-corrected chi connectivity index (χ1v) is 5.01. The van der Waals surface area contributed by atoms with Gasteiger partial charge < -0.3 is 15.8 Å². The molecular formula is C11H15FN2O2. The van der Waals surface area contributed by atoms with Crippen LogP contribution in [0.3, 0.4) is 0 Å². The molecule has 5 heteroatoms. The monoisotopic (exact) mass is 226 g/mol. The Bertz CT molecular complexity index is 358. The van der Waals surface area contributed by atoms with Crippen LogP contribution in [-0.2, 0) is 4.79 Å². The summed E-state index contributed by atoms with van der Waals surface area (Å²) in [5.41, 5.74) is 5.12. The van der Waals surface area contributed by atoms with Crippen molar-refractivity contribution < 1.29 is 13.9 Å². The van der Waals surface area contributed by atoms with Gasteiger partial charge in [0.05, 0.1) is 13.1 Å². The molecular weight excluding hydrogens is 211 g/mol. The Kier molecular flexibility index (Phi) is 4.72. The van der Waals surface area contributed by atoms with E-state index in [1.165, 1.54) is 12.1 Å². The van der Waals surface area contributed by atoms with Crippen molar-refractivity contribution in [3.8, 4) is 5.75 Å². The van der Waals surface area contributed by atoms with Crippen molar-refractivity contribution in [2.75, 3.05) is 13.1 Å². The normalized spacial score (nSPS) is 11.9. The molecule has 1 aromatic rings. The van der Waals surface area contributed by atoms with Gasteiger partial charge in [0.2, 0.25) is 5.91 Å². The Balaban J connectivity index is 2.43. The average Bonchev–Trinajstić information content (AvgIpc) is 2.29. The van der Waals surface area contributed by atoms with Gasteiger partial charge in [0, 0.05) is 0 Å². The number of amides is 1. The topological polar surface area (TPSA) is 64.4 Å². The second-order valence-corrected chi connectivity index (χ2v) is 3.37. The molecule has 3 N–H and O–H groups in total. The number of nitrogens with two attached hydrogens (primary N) is 1. The van der Waals surface area contributed by atoms with Gasteiger partial charge in [-0.3, -0.25) is 4.79 Å². The molecule has 0 aromatic heterocycles. The van der Waals surface area contributed by atoms with E-state index in [1.807, 2.05) is 0 Å². The maximum Gasteiger partial charge on any atom is 0.233 e. The highest BCUT2D eigenvalue weighted by molar-refractivity contribution is 5.77. The number of para-hydroxylation sites is 1. The first-order valence-electron chi connectivity index (χ1n) is 5.01. The summed E-state index contributed by atoms with van der Waals surface area (Å²) in [7, 11) is 0. The van der Waals surface area contributed by atoms with Gasteiger partial charge in [-0.15, -0.1) is 0 Å². The number of carbonyl (C=O) groups excluding carboxylic acids is 1. The van der Waals surface area contributed by atoms with Gasteiger partial charge in [-0.25, -0.2) is 4.39 Å². The van der Waals surface area contributed by atoms with Crippen LogP contribution < -0.4 is 15.8 Å². The SMILES string of the molecule is CC(CNC(=O)CN)Oc1ccccc1F. The Hall–Kier alpha value is -1.62. The standard InChI is InChI=1S/C11H15FN2O2/c1-8(7-14-11(15)6-13)16-10-5-3-2-4-9(10)12/h2-5,8H,6-7,13H2,1H3,(H,14,15). The molecule has 0 saturated carbocycles. The zero-order valence-corrected chi connectivity index (χ0v) is 9.07. The highest BCUT2D eigenvalue weighted by Gasteiger charge is 2.08. The Morgan fingerprint density at radius 3 is 2.88 bits per heavy atom. The van der Waals surface area contributed by atoms with Crippen molar-refractivity contribution in [2.24, 2.45) is 5.73 Å². The number of rotatable bonds is 5.